The molecule has 6 heteroatoms. The van der Waals surface area contributed by atoms with Gasteiger partial charge in [-0.25, -0.2) is 24.3 Å². The predicted octanol–water partition coefficient (Wildman–Crippen LogP) is 3.51. The molecule has 0 N–H and O–H groups in total. The normalized spacial score (nSPS) is 21.2. The Hall–Kier alpha value is -2.89. The maximum atomic E-state index is 14.6. The van der Waals surface area contributed by atoms with Gasteiger partial charge in [0.1, 0.15) is 0 Å². The molecule has 6 rings (SSSR count). The van der Waals surface area contributed by atoms with Crippen molar-refractivity contribution in [3.8, 4) is 11.6 Å². The van der Waals surface area contributed by atoms with Crippen molar-refractivity contribution in [2.24, 2.45) is 0 Å². The van der Waals surface area contributed by atoms with E-state index in [0.717, 1.165) is 19.4 Å². The molecule has 0 saturated carbocycles. The molecule has 3 aromatic rings. The molecule has 124 valence electrons. The SMILES string of the molecule is Fc1cnc(-c2ncccn2)nc1N1CC2CCC1c1ccccc12. The lowest BCUT2D eigenvalue weighted by Crippen LogP contribution is -2.43. The molecule has 1 fully saturated rings. The number of aromatic nitrogens is 4. The third-order valence-electron chi connectivity index (χ3n) is 5.14. The molecule has 1 saturated heterocycles. The van der Waals surface area contributed by atoms with Gasteiger partial charge in [0.25, 0.3) is 0 Å². The lowest BCUT2D eigenvalue weighted by atomic mass is 9.75. The summed E-state index contributed by atoms with van der Waals surface area (Å²) in [6.07, 6.45) is 6.64. The first-order chi connectivity index (χ1) is 12.3. The molecule has 2 unspecified atom stereocenters. The Labute approximate surface area is 144 Å². The molecule has 1 aromatic carbocycles. The number of hydrogen-bond acceptors (Lipinski definition) is 5. The van der Waals surface area contributed by atoms with Gasteiger partial charge in [-0.05, 0) is 30.0 Å². The Morgan fingerprint density at radius 2 is 1.72 bits per heavy atom. The molecule has 2 atom stereocenters. The van der Waals surface area contributed by atoms with Crippen molar-refractivity contribution in [1.29, 1.82) is 0 Å². The van der Waals surface area contributed by atoms with Crippen LogP contribution in [0.5, 0.6) is 0 Å². The zero-order valence-electron chi connectivity index (χ0n) is 13.5. The van der Waals surface area contributed by atoms with Crippen LogP contribution in [0.4, 0.5) is 10.2 Å². The van der Waals surface area contributed by atoms with Crippen LogP contribution in [-0.4, -0.2) is 26.5 Å². The number of piperidine rings is 1. The second-order valence-electron chi connectivity index (χ2n) is 6.51. The number of nitrogens with zero attached hydrogens (tertiary/aromatic N) is 5. The molecule has 25 heavy (non-hydrogen) atoms. The predicted molar refractivity (Wildman–Crippen MR) is 91.5 cm³/mol. The average Bonchev–Trinajstić information content (AvgIpc) is 2.69. The van der Waals surface area contributed by atoms with Gasteiger partial charge >= 0.3 is 0 Å². The molecule has 0 spiro atoms. The molecular formula is C19H16FN5. The highest BCUT2D eigenvalue weighted by molar-refractivity contribution is 5.54. The maximum Gasteiger partial charge on any atom is 0.199 e. The lowest BCUT2D eigenvalue weighted by Gasteiger charge is -2.47. The van der Waals surface area contributed by atoms with E-state index in [9.17, 15) is 4.39 Å². The van der Waals surface area contributed by atoms with Gasteiger partial charge < -0.3 is 4.90 Å². The molecular weight excluding hydrogens is 317 g/mol. The summed E-state index contributed by atoms with van der Waals surface area (Å²) in [5, 5.41) is 0. The first-order valence-corrected chi connectivity index (χ1v) is 8.46. The van der Waals surface area contributed by atoms with Crippen LogP contribution in [0.3, 0.4) is 0 Å². The van der Waals surface area contributed by atoms with Gasteiger partial charge in [0.05, 0.1) is 12.2 Å². The summed E-state index contributed by atoms with van der Waals surface area (Å²) >= 11 is 0. The second-order valence-corrected chi connectivity index (χ2v) is 6.51. The molecule has 2 bridgehead atoms. The molecule has 4 heterocycles. The van der Waals surface area contributed by atoms with Crippen LogP contribution in [0, 0.1) is 5.82 Å². The number of halogens is 1. The van der Waals surface area contributed by atoms with Crippen LogP contribution >= 0.6 is 0 Å². The van der Waals surface area contributed by atoms with Gasteiger partial charge in [0.15, 0.2) is 23.3 Å². The number of anilines is 1. The summed E-state index contributed by atoms with van der Waals surface area (Å²) in [5.74, 6) is 1.14. The van der Waals surface area contributed by atoms with Crippen molar-refractivity contribution in [2.45, 2.75) is 24.8 Å². The van der Waals surface area contributed by atoms with Gasteiger partial charge in [0, 0.05) is 24.9 Å². The summed E-state index contributed by atoms with van der Waals surface area (Å²) < 4.78 is 14.6. The fourth-order valence-corrected chi connectivity index (χ4v) is 4.05. The van der Waals surface area contributed by atoms with Gasteiger partial charge in [-0.3, -0.25) is 0 Å². The van der Waals surface area contributed by atoms with Gasteiger partial charge in [0.2, 0.25) is 0 Å². The van der Waals surface area contributed by atoms with E-state index < -0.39 is 5.82 Å². The number of fused-ring (bicyclic) bond motifs is 2. The Morgan fingerprint density at radius 3 is 2.56 bits per heavy atom. The summed E-state index contributed by atoms with van der Waals surface area (Å²) in [6.45, 7) is 0.782. The van der Waals surface area contributed by atoms with E-state index in [1.807, 2.05) is 0 Å². The fourth-order valence-electron chi connectivity index (χ4n) is 4.05. The fraction of sp³-hybridized carbons (Fsp3) is 0.263. The summed E-state index contributed by atoms with van der Waals surface area (Å²) in [6, 6.07) is 10.4. The summed E-state index contributed by atoms with van der Waals surface area (Å²) in [5.41, 5.74) is 2.69. The third kappa shape index (κ3) is 2.28. The van der Waals surface area contributed by atoms with Gasteiger partial charge in [-0.15, -0.1) is 0 Å². The monoisotopic (exact) mass is 333 g/mol. The van der Waals surface area contributed by atoms with Crippen LogP contribution in [0.25, 0.3) is 11.6 Å². The van der Waals surface area contributed by atoms with Crippen molar-refractivity contribution in [3.05, 3.63) is 65.9 Å². The molecule has 5 nitrogen and oxygen atoms in total. The minimum absolute atomic E-state index is 0.162. The van der Waals surface area contributed by atoms with Crippen LogP contribution in [0.15, 0.2) is 48.9 Å². The highest BCUT2D eigenvalue weighted by Gasteiger charge is 2.39. The highest BCUT2D eigenvalue weighted by atomic mass is 19.1. The van der Waals surface area contributed by atoms with E-state index in [1.54, 1.807) is 18.5 Å². The molecule has 2 aromatic heterocycles. The first-order valence-electron chi connectivity index (χ1n) is 8.46. The van der Waals surface area contributed by atoms with Crippen molar-refractivity contribution < 1.29 is 4.39 Å². The first kappa shape index (κ1) is 14.5. The van der Waals surface area contributed by atoms with Crippen LogP contribution in [0.1, 0.15) is 35.9 Å². The van der Waals surface area contributed by atoms with Crippen LogP contribution in [-0.2, 0) is 0 Å². The zero-order chi connectivity index (χ0) is 16.8. The lowest BCUT2D eigenvalue weighted by molar-refractivity contribution is 0.382. The van der Waals surface area contributed by atoms with Crippen molar-refractivity contribution >= 4 is 5.82 Å². The Morgan fingerprint density at radius 1 is 0.920 bits per heavy atom. The standard InChI is InChI=1S/C19H16FN5/c20-15-10-23-18(17-21-8-3-9-22-17)24-19(15)25-11-12-6-7-16(25)14-5-2-1-4-13(12)14/h1-5,8-10,12,16H,6-7,11H2. The van der Waals surface area contributed by atoms with Crippen LogP contribution < -0.4 is 4.90 Å². The number of hydrogen-bond donors (Lipinski definition) is 0. The third-order valence-corrected chi connectivity index (χ3v) is 5.14. The minimum Gasteiger partial charge on any atom is -0.346 e. The minimum atomic E-state index is -0.398. The van der Waals surface area contributed by atoms with E-state index in [2.05, 4.69) is 49.1 Å². The van der Waals surface area contributed by atoms with Crippen molar-refractivity contribution in [3.63, 3.8) is 0 Å². The van der Waals surface area contributed by atoms with Crippen molar-refractivity contribution in [2.75, 3.05) is 11.4 Å². The van der Waals surface area contributed by atoms with Crippen molar-refractivity contribution in [1.82, 2.24) is 19.9 Å². The topological polar surface area (TPSA) is 54.8 Å². The molecule has 0 radical (unpaired) electrons. The molecule has 0 amide bonds. The second kappa shape index (κ2) is 5.58. The highest BCUT2D eigenvalue weighted by Crippen LogP contribution is 2.48. The van der Waals surface area contributed by atoms with E-state index in [1.165, 1.54) is 17.3 Å². The van der Waals surface area contributed by atoms with Crippen LogP contribution in [0.2, 0.25) is 0 Å². The van der Waals surface area contributed by atoms with E-state index >= 15 is 0 Å². The largest absolute Gasteiger partial charge is 0.346 e. The van der Waals surface area contributed by atoms with E-state index in [-0.39, 0.29) is 6.04 Å². The van der Waals surface area contributed by atoms with E-state index in [4.69, 9.17) is 0 Å². The quantitative estimate of drug-likeness (QED) is 0.718. The van der Waals surface area contributed by atoms with E-state index in [0.29, 0.717) is 23.4 Å². The molecule has 3 aliphatic rings. The Balaban J connectivity index is 1.59. The summed E-state index contributed by atoms with van der Waals surface area (Å²) in [7, 11) is 0. The van der Waals surface area contributed by atoms with Gasteiger partial charge in [-0.2, -0.15) is 0 Å². The smallest absolute Gasteiger partial charge is 0.199 e. The average molecular weight is 333 g/mol. The number of benzene rings is 1. The maximum absolute atomic E-state index is 14.6. The molecule has 1 aliphatic carbocycles. The summed E-state index contributed by atoms with van der Waals surface area (Å²) in [4.78, 5) is 19.0. The molecule has 2 aliphatic heterocycles. The zero-order valence-corrected chi connectivity index (χ0v) is 13.5. The Kier molecular flexibility index (Phi) is 3.23. The Bertz CT molecular complexity index is 930. The van der Waals surface area contributed by atoms with Gasteiger partial charge in [-0.1, -0.05) is 24.3 Å². The number of rotatable bonds is 2.